The number of hydrogen-bond donors (Lipinski definition) is 3. The van der Waals surface area contributed by atoms with Crippen LogP contribution in [0.3, 0.4) is 0 Å². The Balaban J connectivity index is 2.30. The fourth-order valence-electron chi connectivity index (χ4n) is 1.44. The Morgan fingerprint density at radius 2 is 2.13 bits per heavy atom. The van der Waals surface area contributed by atoms with Crippen molar-refractivity contribution >= 4 is 12.0 Å². The van der Waals surface area contributed by atoms with Crippen LogP contribution < -0.4 is 10.6 Å². The Morgan fingerprint density at radius 1 is 1.53 bits per heavy atom. The molecule has 0 spiro atoms. The van der Waals surface area contributed by atoms with Gasteiger partial charge in [-0.25, -0.2) is 9.59 Å². The van der Waals surface area contributed by atoms with E-state index in [2.05, 4.69) is 10.6 Å². The van der Waals surface area contributed by atoms with Crippen LogP contribution in [0.15, 0.2) is 0 Å². The highest BCUT2D eigenvalue weighted by molar-refractivity contribution is 5.82. The van der Waals surface area contributed by atoms with E-state index in [1.165, 1.54) is 0 Å². The lowest BCUT2D eigenvalue weighted by atomic mass is 10.2. The second-order valence-electron chi connectivity index (χ2n) is 4.12. The summed E-state index contributed by atoms with van der Waals surface area (Å²) in [6.07, 6.45) is 2.18. The average molecular weight is 214 g/mol. The normalized spacial score (nSPS) is 25.5. The standard InChI is InChI=1S/C10H18N2O3/c1-3-4-7(9(13)14)11-10(15)12-8-5-6(8)2/h6-8H,3-5H2,1-2H3,(H,13,14)(H2,11,12,15)/t6?,7-,8?/m1/s1. The lowest BCUT2D eigenvalue weighted by Gasteiger charge is -2.14. The zero-order chi connectivity index (χ0) is 11.4. The van der Waals surface area contributed by atoms with E-state index in [0.29, 0.717) is 12.3 Å². The molecular weight excluding hydrogens is 196 g/mol. The maximum Gasteiger partial charge on any atom is 0.326 e. The van der Waals surface area contributed by atoms with Crippen LogP contribution in [0, 0.1) is 5.92 Å². The Labute approximate surface area is 89.2 Å². The first-order chi connectivity index (χ1) is 7.04. The summed E-state index contributed by atoms with van der Waals surface area (Å²) < 4.78 is 0. The van der Waals surface area contributed by atoms with Crippen LogP contribution in [0.25, 0.3) is 0 Å². The second-order valence-corrected chi connectivity index (χ2v) is 4.12. The molecule has 86 valence electrons. The van der Waals surface area contributed by atoms with Gasteiger partial charge in [-0.1, -0.05) is 20.3 Å². The van der Waals surface area contributed by atoms with Gasteiger partial charge in [-0.3, -0.25) is 0 Å². The summed E-state index contributed by atoms with van der Waals surface area (Å²) in [5, 5.41) is 14.0. The van der Waals surface area contributed by atoms with E-state index in [0.717, 1.165) is 12.8 Å². The van der Waals surface area contributed by atoms with Gasteiger partial charge in [-0.05, 0) is 18.8 Å². The van der Waals surface area contributed by atoms with Crippen LogP contribution in [0.2, 0.25) is 0 Å². The molecule has 0 aromatic rings. The molecule has 3 N–H and O–H groups in total. The molecule has 3 atom stereocenters. The number of carboxylic acids is 1. The van der Waals surface area contributed by atoms with Crippen molar-refractivity contribution in [2.75, 3.05) is 0 Å². The van der Waals surface area contributed by atoms with Crippen molar-refractivity contribution in [1.29, 1.82) is 0 Å². The number of carbonyl (C=O) groups is 2. The number of amides is 2. The molecule has 0 radical (unpaired) electrons. The Hall–Kier alpha value is -1.26. The van der Waals surface area contributed by atoms with E-state index in [1.807, 2.05) is 13.8 Å². The molecule has 15 heavy (non-hydrogen) atoms. The van der Waals surface area contributed by atoms with Crippen LogP contribution in [-0.2, 0) is 4.79 Å². The highest BCUT2D eigenvalue weighted by Crippen LogP contribution is 2.28. The van der Waals surface area contributed by atoms with Crippen molar-refractivity contribution in [2.24, 2.45) is 5.92 Å². The molecule has 0 aromatic heterocycles. The monoisotopic (exact) mass is 214 g/mol. The average Bonchev–Trinajstić information content (AvgIpc) is 2.80. The van der Waals surface area contributed by atoms with E-state index in [1.54, 1.807) is 0 Å². The summed E-state index contributed by atoms with van der Waals surface area (Å²) in [7, 11) is 0. The summed E-state index contributed by atoms with van der Waals surface area (Å²) in [5.41, 5.74) is 0. The molecule has 0 heterocycles. The molecule has 1 rings (SSSR count). The van der Waals surface area contributed by atoms with E-state index < -0.39 is 12.0 Å². The Kier molecular flexibility index (Phi) is 3.94. The maximum atomic E-state index is 11.3. The minimum Gasteiger partial charge on any atom is -0.480 e. The largest absolute Gasteiger partial charge is 0.480 e. The maximum absolute atomic E-state index is 11.3. The van der Waals surface area contributed by atoms with Crippen molar-refractivity contribution in [3.63, 3.8) is 0 Å². The van der Waals surface area contributed by atoms with E-state index in [-0.39, 0.29) is 12.1 Å². The fourth-order valence-corrected chi connectivity index (χ4v) is 1.44. The predicted molar refractivity (Wildman–Crippen MR) is 55.6 cm³/mol. The van der Waals surface area contributed by atoms with Gasteiger partial charge in [-0.2, -0.15) is 0 Å². The minimum absolute atomic E-state index is 0.223. The summed E-state index contributed by atoms with van der Waals surface area (Å²) >= 11 is 0. The zero-order valence-electron chi connectivity index (χ0n) is 9.12. The Morgan fingerprint density at radius 3 is 2.53 bits per heavy atom. The quantitative estimate of drug-likeness (QED) is 0.637. The molecule has 5 heteroatoms. The topological polar surface area (TPSA) is 78.4 Å². The molecule has 1 aliphatic rings. The van der Waals surface area contributed by atoms with E-state index in [4.69, 9.17) is 5.11 Å². The van der Waals surface area contributed by atoms with Crippen molar-refractivity contribution in [2.45, 2.75) is 45.2 Å². The summed E-state index contributed by atoms with van der Waals surface area (Å²) in [4.78, 5) is 22.1. The molecular formula is C10H18N2O3. The summed E-state index contributed by atoms with van der Waals surface area (Å²) in [6, 6.07) is -0.921. The van der Waals surface area contributed by atoms with Gasteiger partial charge in [0, 0.05) is 6.04 Å². The van der Waals surface area contributed by atoms with Crippen molar-refractivity contribution < 1.29 is 14.7 Å². The van der Waals surface area contributed by atoms with Gasteiger partial charge in [0.1, 0.15) is 6.04 Å². The van der Waals surface area contributed by atoms with Crippen LogP contribution in [0.1, 0.15) is 33.1 Å². The van der Waals surface area contributed by atoms with Crippen molar-refractivity contribution in [1.82, 2.24) is 10.6 Å². The molecule has 0 saturated heterocycles. The third-order valence-electron chi connectivity index (χ3n) is 2.61. The predicted octanol–water partition coefficient (Wildman–Crippen LogP) is 0.947. The zero-order valence-corrected chi connectivity index (χ0v) is 9.12. The van der Waals surface area contributed by atoms with Crippen LogP contribution in [-0.4, -0.2) is 29.2 Å². The van der Waals surface area contributed by atoms with Gasteiger partial charge >= 0.3 is 12.0 Å². The lowest BCUT2D eigenvalue weighted by molar-refractivity contribution is -0.139. The first-order valence-corrected chi connectivity index (χ1v) is 5.34. The molecule has 5 nitrogen and oxygen atoms in total. The van der Waals surface area contributed by atoms with Crippen LogP contribution in [0.4, 0.5) is 4.79 Å². The third kappa shape index (κ3) is 3.77. The van der Waals surface area contributed by atoms with Crippen molar-refractivity contribution in [3.8, 4) is 0 Å². The molecule has 2 unspecified atom stereocenters. The molecule has 0 bridgehead atoms. The number of carbonyl (C=O) groups excluding carboxylic acids is 1. The third-order valence-corrected chi connectivity index (χ3v) is 2.61. The van der Waals surface area contributed by atoms with Crippen LogP contribution in [0.5, 0.6) is 0 Å². The van der Waals surface area contributed by atoms with E-state index >= 15 is 0 Å². The minimum atomic E-state index is -0.976. The van der Waals surface area contributed by atoms with Crippen LogP contribution >= 0.6 is 0 Å². The number of nitrogens with one attached hydrogen (secondary N) is 2. The molecule has 1 fully saturated rings. The summed E-state index contributed by atoms with van der Waals surface area (Å²) in [6.45, 7) is 3.93. The summed E-state index contributed by atoms with van der Waals surface area (Å²) in [5.74, 6) is -0.457. The van der Waals surface area contributed by atoms with Gasteiger partial charge in [0.2, 0.25) is 0 Å². The Bertz CT molecular complexity index is 255. The molecule has 1 saturated carbocycles. The fraction of sp³-hybridized carbons (Fsp3) is 0.800. The first-order valence-electron chi connectivity index (χ1n) is 5.34. The molecule has 2 amide bonds. The SMILES string of the molecule is CCC[C@@H](NC(=O)NC1CC1C)C(=O)O. The van der Waals surface area contributed by atoms with Gasteiger partial charge in [0.05, 0.1) is 0 Å². The van der Waals surface area contributed by atoms with Gasteiger partial charge in [0.25, 0.3) is 0 Å². The first kappa shape index (κ1) is 11.8. The number of urea groups is 1. The smallest absolute Gasteiger partial charge is 0.326 e. The van der Waals surface area contributed by atoms with Gasteiger partial charge in [0.15, 0.2) is 0 Å². The van der Waals surface area contributed by atoms with Crippen molar-refractivity contribution in [3.05, 3.63) is 0 Å². The molecule has 1 aliphatic carbocycles. The van der Waals surface area contributed by atoms with Gasteiger partial charge in [-0.15, -0.1) is 0 Å². The number of hydrogen-bond acceptors (Lipinski definition) is 2. The van der Waals surface area contributed by atoms with Gasteiger partial charge < -0.3 is 15.7 Å². The number of rotatable bonds is 5. The second kappa shape index (κ2) is 5.00. The molecule has 0 aliphatic heterocycles. The van der Waals surface area contributed by atoms with E-state index in [9.17, 15) is 9.59 Å². The molecule has 0 aromatic carbocycles. The number of aliphatic carboxylic acids is 1. The highest BCUT2D eigenvalue weighted by atomic mass is 16.4. The lowest BCUT2D eigenvalue weighted by Crippen LogP contribution is -2.46. The highest BCUT2D eigenvalue weighted by Gasteiger charge is 2.34. The number of carboxylic acid groups (broad SMARTS) is 1.